The van der Waals surface area contributed by atoms with E-state index in [9.17, 15) is 8.78 Å². The van der Waals surface area contributed by atoms with E-state index in [1.807, 2.05) is 17.3 Å². The molecule has 4 heterocycles. The molecule has 0 amide bonds. The summed E-state index contributed by atoms with van der Waals surface area (Å²) in [5.41, 5.74) is 4.11. The van der Waals surface area contributed by atoms with Crippen molar-refractivity contribution in [1.29, 1.82) is 0 Å². The van der Waals surface area contributed by atoms with Gasteiger partial charge in [-0.2, -0.15) is 0 Å². The lowest BCUT2D eigenvalue weighted by Gasteiger charge is -2.35. The molecule has 1 fully saturated rings. The van der Waals surface area contributed by atoms with E-state index in [1.165, 1.54) is 5.56 Å². The summed E-state index contributed by atoms with van der Waals surface area (Å²) in [6, 6.07) is 5.04. The normalized spacial score (nSPS) is 15.4. The predicted molar refractivity (Wildman–Crippen MR) is 101 cm³/mol. The Bertz CT molecular complexity index is 954. The van der Waals surface area contributed by atoms with Gasteiger partial charge < -0.3 is 4.90 Å². The van der Waals surface area contributed by atoms with Crippen LogP contribution in [0.25, 0.3) is 11.0 Å². The number of piperazine rings is 1. The van der Waals surface area contributed by atoms with Crippen molar-refractivity contribution >= 4 is 16.9 Å². The van der Waals surface area contributed by atoms with Crippen molar-refractivity contribution in [2.45, 2.75) is 19.9 Å². The minimum Gasteiger partial charge on any atom is -0.352 e. The highest BCUT2D eigenvalue weighted by molar-refractivity contribution is 5.74. The SMILES string of the molecule is CCc1cnc2cc(CN3CCN(c4ncc(F)cc4F)CC3)cnc2c1. The van der Waals surface area contributed by atoms with Crippen LogP contribution in [0.2, 0.25) is 0 Å². The molecule has 0 unspecified atom stereocenters. The van der Waals surface area contributed by atoms with Crippen LogP contribution in [0.1, 0.15) is 18.1 Å². The third-order valence-electron chi connectivity index (χ3n) is 4.92. The quantitative estimate of drug-likeness (QED) is 0.707. The van der Waals surface area contributed by atoms with Crippen LogP contribution < -0.4 is 4.90 Å². The van der Waals surface area contributed by atoms with E-state index in [1.54, 1.807) is 0 Å². The van der Waals surface area contributed by atoms with Gasteiger partial charge in [0.05, 0.1) is 17.2 Å². The molecule has 140 valence electrons. The minimum absolute atomic E-state index is 0.222. The van der Waals surface area contributed by atoms with Crippen LogP contribution in [0.15, 0.2) is 36.8 Å². The highest BCUT2D eigenvalue weighted by Crippen LogP contribution is 2.20. The Labute approximate surface area is 156 Å². The summed E-state index contributed by atoms with van der Waals surface area (Å²) in [6.45, 7) is 5.72. The third kappa shape index (κ3) is 3.88. The first-order valence-corrected chi connectivity index (χ1v) is 9.14. The van der Waals surface area contributed by atoms with Crippen molar-refractivity contribution in [2.24, 2.45) is 0 Å². The summed E-state index contributed by atoms with van der Waals surface area (Å²) in [6.07, 6.45) is 5.80. The van der Waals surface area contributed by atoms with Crippen LogP contribution in [0.4, 0.5) is 14.6 Å². The molecular formula is C20H21F2N5. The highest BCUT2D eigenvalue weighted by atomic mass is 19.1. The highest BCUT2D eigenvalue weighted by Gasteiger charge is 2.21. The van der Waals surface area contributed by atoms with Gasteiger partial charge in [-0.1, -0.05) is 6.92 Å². The van der Waals surface area contributed by atoms with E-state index in [-0.39, 0.29) is 5.82 Å². The second-order valence-corrected chi connectivity index (χ2v) is 6.80. The molecule has 0 saturated carbocycles. The topological polar surface area (TPSA) is 45.2 Å². The Morgan fingerprint density at radius 2 is 1.52 bits per heavy atom. The first-order chi connectivity index (χ1) is 13.1. The van der Waals surface area contributed by atoms with Crippen LogP contribution >= 0.6 is 0 Å². The lowest BCUT2D eigenvalue weighted by Crippen LogP contribution is -2.46. The summed E-state index contributed by atoms with van der Waals surface area (Å²) in [5, 5.41) is 0. The van der Waals surface area contributed by atoms with Gasteiger partial charge in [-0.05, 0) is 29.7 Å². The molecule has 7 heteroatoms. The number of halogens is 2. The van der Waals surface area contributed by atoms with Gasteiger partial charge in [0.2, 0.25) is 0 Å². The maximum absolute atomic E-state index is 13.9. The first kappa shape index (κ1) is 17.7. The molecule has 1 aliphatic rings. The molecule has 4 rings (SSSR count). The maximum atomic E-state index is 13.9. The van der Waals surface area contributed by atoms with E-state index < -0.39 is 11.6 Å². The monoisotopic (exact) mass is 369 g/mol. The van der Waals surface area contributed by atoms with Gasteiger partial charge in [-0.3, -0.25) is 14.9 Å². The molecule has 0 radical (unpaired) electrons. The predicted octanol–water partition coefficient (Wildman–Crippen LogP) is 3.19. The number of hydrogen-bond donors (Lipinski definition) is 0. The first-order valence-electron chi connectivity index (χ1n) is 9.14. The zero-order chi connectivity index (χ0) is 18.8. The molecule has 0 spiro atoms. The van der Waals surface area contributed by atoms with Gasteiger partial charge in [0.15, 0.2) is 11.6 Å². The van der Waals surface area contributed by atoms with Gasteiger partial charge in [0.1, 0.15) is 5.82 Å². The zero-order valence-electron chi connectivity index (χ0n) is 15.2. The van der Waals surface area contributed by atoms with Gasteiger partial charge in [-0.15, -0.1) is 0 Å². The summed E-state index contributed by atoms with van der Waals surface area (Å²) in [4.78, 5) is 17.1. The Balaban J connectivity index is 1.41. The van der Waals surface area contributed by atoms with Crippen LogP contribution in [-0.4, -0.2) is 46.0 Å². The van der Waals surface area contributed by atoms with Crippen molar-refractivity contribution in [3.05, 3.63) is 59.6 Å². The van der Waals surface area contributed by atoms with Crippen molar-refractivity contribution in [3.8, 4) is 0 Å². The molecule has 0 aliphatic carbocycles. The smallest absolute Gasteiger partial charge is 0.168 e. The van der Waals surface area contributed by atoms with E-state index in [0.29, 0.717) is 13.1 Å². The fourth-order valence-electron chi connectivity index (χ4n) is 3.38. The Kier molecular flexibility index (Phi) is 4.94. The molecule has 1 saturated heterocycles. The molecule has 0 bridgehead atoms. The molecule has 27 heavy (non-hydrogen) atoms. The molecule has 3 aromatic heterocycles. The number of hydrogen-bond acceptors (Lipinski definition) is 5. The molecule has 3 aromatic rings. The van der Waals surface area contributed by atoms with Crippen LogP contribution in [0.3, 0.4) is 0 Å². The van der Waals surface area contributed by atoms with E-state index in [0.717, 1.165) is 54.9 Å². The fourth-order valence-corrected chi connectivity index (χ4v) is 3.38. The number of anilines is 1. The molecule has 1 aliphatic heterocycles. The van der Waals surface area contributed by atoms with Crippen LogP contribution in [0, 0.1) is 11.6 Å². The van der Waals surface area contributed by atoms with Crippen molar-refractivity contribution < 1.29 is 8.78 Å². The number of aromatic nitrogens is 3. The third-order valence-corrected chi connectivity index (χ3v) is 4.92. The number of nitrogens with zero attached hydrogens (tertiary/aromatic N) is 5. The maximum Gasteiger partial charge on any atom is 0.168 e. The molecule has 0 atom stereocenters. The summed E-state index contributed by atoms with van der Waals surface area (Å²) < 4.78 is 26.9. The number of aryl methyl sites for hydroxylation is 1. The van der Waals surface area contributed by atoms with E-state index in [4.69, 9.17) is 0 Å². The average molecular weight is 369 g/mol. The molecular weight excluding hydrogens is 348 g/mol. The lowest BCUT2D eigenvalue weighted by atomic mass is 10.1. The fraction of sp³-hybridized carbons (Fsp3) is 0.350. The molecule has 0 aromatic carbocycles. The van der Waals surface area contributed by atoms with Gasteiger partial charge in [-0.25, -0.2) is 13.8 Å². The van der Waals surface area contributed by atoms with E-state index in [2.05, 4.69) is 38.9 Å². The zero-order valence-corrected chi connectivity index (χ0v) is 15.2. The van der Waals surface area contributed by atoms with Gasteiger partial charge in [0.25, 0.3) is 0 Å². The van der Waals surface area contributed by atoms with Crippen molar-refractivity contribution in [3.63, 3.8) is 0 Å². The second kappa shape index (κ2) is 7.52. The number of pyridine rings is 3. The standard InChI is InChI=1S/C20H21F2N5/c1-2-14-7-18-19(23-10-14)8-15(11-24-18)13-26-3-5-27(6-4-26)20-17(22)9-16(21)12-25-20/h7-12H,2-6,13H2,1H3. The lowest BCUT2D eigenvalue weighted by molar-refractivity contribution is 0.248. The Hall–Kier alpha value is -2.67. The Morgan fingerprint density at radius 3 is 2.19 bits per heavy atom. The summed E-state index contributed by atoms with van der Waals surface area (Å²) in [7, 11) is 0. The van der Waals surface area contributed by atoms with Crippen LogP contribution in [0.5, 0.6) is 0 Å². The average Bonchev–Trinajstić information content (AvgIpc) is 2.68. The summed E-state index contributed by atoms with van der Waals surface area (Å²) in [5.74, 6) is -1.04. The molecule has 0 N–H and O–H groups in total. The largest absolute Gasteiger partial charge is 0.352 e. The Morgan fingerprint density at radius 1 is 0.852 bits per heavy atom. The summed E-state index contributed by atoms with van der Waals surface area (Å²) >= 11 is 0. The second-order valence-electron chi connectivity index (χ2n) is 6.80. The number of fused-ring (bicyclic) bond motifs is 1. The molecule has 5 nitrogen and oxygen atoms in total. The van der Waals surface area contributed by atoms with Gasteiger partial charge >= 0.3 is 0 Å². The van der Waals surface area contributed by atoms with Crippen molar-refractivity contribution in [2.75, 3.05) is 31.1 Å². The van der Waals surface area contributed by atoms with Crippen LogP contribution in [-0.2, 0) is 13.0 Å². The van der Waals surface area contributed by atoms with E-state index >= 15 is 0 Å². The number of rotatable bonds is 4. The minimum atomic E-state index is -0.654. The van der Waals surface area contributed by atoms with Crippen molar-refractivity contribution in [1.82, 2.24) is 19.9 Å². The van der Waals surface area contributed by atoms with Gasteiger partial charge in [0, 0.05) is 51.2 Å².